The zero-order valence-corrected chi connectivity index (χ0v) is 35.2. The fourth-order valence-corrected chi connectivity index (χ4v) is 10.1. The molecular weight excluding hydrogens is 755 g/mol. The first-order valence-electron chi connectivity index (χ1n) is 21.5. The highest BCUT2D eigenvalue weighted by Crippen LogP contribution is 2.53. The van der Waals surface area contributed by atoms with Crippen molar-refractivity contribution in [1.29, 1.82) is 0 Å². The van der Waals surface area contributed by atoms with Gasteiger partial charge in [0, 0.05) is 55.1 Å². The lowest BCUT2D eigenvalue weighted by Gasteiger charge is -2.26. The van der Waals surface area contributed by atoms with E-state index >= 15 is 0 Å². The van der Waals surface area contributed by atoms with Gasteiger partial charge in [-0.1, -0.05) is 165 Å². The second kappa shape index (κ2) is 13.7. The quantitative estimate of drug-likeness (QED) is 0.168. The minimum atomic E-state index is -0.0710. The Morgan fingerprint density at radius 2 is 0.823 bits per heavy atom. The van der Waals surface area contributed by atoms with Crippen LogP contribution in [0.5, 0.6) is 0 Å². The highest BCUT2D eigenvalue weighted by atomic mass is 16.3. The molecule has 62 heavy (non-hydrogen) atoms. The highest BCUT2D eigenvalue weighted by Gasteiger charge is 2.37. The van der Waals surface area contributed by atoms with E-state index in [1.807, 2.05) is 24.3 Å². The molecule has 296 valence electrons. The maximum absolute atomic E-state index is 6.45. The number of rotatable bonds is 6. The predicted molar refractivity (Wildman–Crippen MR) is 259 cm³/mol. The van der Waals surface area contributed by atoms with Crippen molar-refractivity contribution in [2.24, 2.45) is 0 Å². The van der Waals surface area contributed by atoms with Gasteiger partial charge in [-0.25, -0.2) is 0 Å². The van der Waals surface area contributed by atoms with Crippen molar-refractivity contribution in [1.82, 2.24) is 0 Å². The summed E-state index contributed by atoms with van der Waals surface area (Å²) in [7, 11) is 0. The molecule has 1 aliphatic rings. The second-order valence-corrected chi connectivity index (χ2v) is 17.4. The Kier molecular flexibility index (Phi) is 8.01. The maximum Gasteiger partial charge on any atom is 0.143 e. The van der Waals surface area contributed by atoms with Gasteiger partial charge in [-0.2, -0.15) is 0 Å². The molecule has 0 N–H and O–H groups in total. The first kappa shape index (κ1) is 36.2. The standard InChI is InChI=1S/C59H43NO2/c1-36-19-32-50-52(34-36)59(3,4)53-35-37(2)33-51(56(50)53)40-24-30-43(31-25-40)60(41-26-20-38(21-27-41)44-13-9-15-48-46-11-5-7-17-54(46)61-57(44)48)42-28-22-39(23-29-42)45-14-10-16-49-47-12-6-8-18-55(47)62-58(45)49/h5-35H,1-4H3. The van der Waals surface area contributed by atoms with Gasteiger partial charge < -0.3 is 13.7 Å². The molecule has 0 spiro atoms. The molecule has 2 heterocycles. The van der Waals surface area contributed by atoms with Gasteiger partial charge in [0.15, 0.2) is 0 Å². The third-order valence-electron chi connectivity index (χ3n) is 13.2. The van der Waals surface area contributed by atoms with Crippen LogP contribution in [-0.4, -0.2) is 0 Å². The molecule has 0 aliphatic heterocycles. The lowest BCUT2D eigenvalue weighted by molar-refractivity contribution is 0.659. The van der Waals surface area contributed by atoms with Gasteiger partial charge in [-0.05, 0) is 107 Å². The topological polar surface area (TPSA) is 29.5 Å². The number of benzene rings is 9. The Hall–Kier alpha value is -7.62. The third-order valence-corrected chi connectivity index (χ3v) is 13.2. The van der Waals surface area contributed by atoms with E-state index in [0.29, 0.717) is 0 Å². The molecule has 0 atom stereocenters. The van der Waals surface area contributed by atoms with Crippen LogP contribution in [0.3, 0.4) is 0 Å². The number of nitrogens with zero attached hydrogens (tertiary/aromatic N) is 1. The second-order valence-electron chi connectivity index (χ2n) is 17.4. The summed E-state index contributed by atoms with van der Waals surface area (Å²) >= 11 is 0. The van der Waals surface area contributed by atoms with E-state index in [1.54, 1.807) is 0 Å². The summed E-state index contributed by atoms with van der Waals surface area (Å²) in [6.45, 7) is 9.15. The van der Waals surface area contributed by atoms with Gasteiger partial charge in [0.25, 0.3) is 0 Å². The van der Waals surface area contributed by atoms with Crippen LogP contribution in [-0.2, 0) is 5.41 Å². The molecule has 3 nitrogen and oxygen atoms in total. The number of fused-ring (bicyclic) bond motifs is 9. The summed E-state index contributed by atoms with van der Waals surface area (Å²) in [4.78, 5) is 2.35. The molecule has 0 saturated carbocycles. The van der Waals surface area contributed by atoms with Crippen molar-refractivity contribution in [2.45, 2.75) is 33.1 Å². The Balaban J connectivity index is 0.966. The van der Waals surface area contributed by atoms with Gasteiger partial charge in [0.1, 0.15) is 22.3 Å². The van der Waals surface area contributed by atoms with Crippen molar-refractivity contribution in [2.75, 3.05) is 4.90 Å². The molecule has 0 amide bonds. The first-order chi connectivity index (χ1) is 30.3. The van der Waals surface area contributed by atoms with Gasteiger partial charge in [-0.15, -0.1) is 0 Å². The van der Waals surface area contributed by atoms with Crippen molar-refractivity contribution in [3.63, 3.8) is 0 Å². The van der Waals surface area contributed by atoms with Gasteiger partial charge >= 0.3 is 0 Å². The van der Waals surface area contributed by atoms with Gasteiger partial charge in [-0.3, -0.25) is 0 Å². The van der Waals surface area contributed by atoms with Crippen LogP contribution >= 0.6 is 0 Å². The summed E-state index contributed by atoms with van der Waals surface area (Å²) in [5.74, 6) is 0. The van der Waals surface area contributed by atoms with Crippen LogP contribution in [0.15, 0.2) is 197 Å². The molecule has 0 unspecified atom stereocenters. The van der Waals surface area contributed by atoms with E-state index in [9.17, 15) is 0 Å². The van der Waals surface area contributed by atoms with Crippen LogP contribution in [0.1, 0.15) is 36.1 Å². The van der Waals surface area contributed by atoms with Crippen LogP contribution in [0.25, 0.3) is 88.4 Å². The molecule has 0 saturated heterocycles. The largest absolute Gasteiger partial charge is 0.455 e. The van der Waals surface area contributed by atoms with Crippen molar-refractivity contribution >= 4 is 60.9 Å². The Morgan fingerprint density at radius 3 is 1.34 bits per heavy atom. The minimum absolute atomic E-state index is 0.0710. The Morgan fingerprint density at radius 1 is 0.371 bits per heavy atom. The molecule has 11 aromatic rings. The zero-order valence-electron chi connectivity index (χ0n) is 35.2. The lowest BCUT2D eigenvalue weighted by Crippen LogP contribution is -2.15. The molecular formula is C59H43NO2. The summed E-state index contributed by atoms with van der Waals surface area (Å²) in [5, 5.41) is 4.52. The Labute approximate surface area is 361 Å². The molecule has 9 aromatic carbocycles. The van der Waals surface area contributed by atoms with Gasteiger partial charge in [0.05, 0.1) is 0 Å². The molecule has 0 fully saturated rings. The summed E-state index contributed by atoms with van der Waals surface area (Å²) in [5.41, 5.74) is 21.7. The summed E-state index contributed by atoms with van der Waals surface area (Å²) in [6, 6.07) is 68.0. The maximum atomic E-state index is 6.45. The van der Waals surface area contributed by atoms with Crippen LogP contribution in [0.2, 0.25) is 0 Å². The first-order valence-corrected chi connectivity index (χ1v) is 21.5. The number of para-hydroxylation sites is 4. The SMILES string of the molecule is Cc1ccc2c(c1)C(C)(C)c1cc(C)cc(-c3ccc(N(c4ccc(-c5cccc6c5oc5ccccc56)cc4)c4ccc(-c5cccc6c5oc5ccccc56)cc4)cc3)c1-2. The number of aryl methyl sites for hydroxylation is 2. The van der Waals surface area contributed by atoms with Gasteiger partial charge in [0.2, 0.25) is 0 Å². The van der Waals surface area contributed by atoms with Crippen LogP contribution in [0.4, 0.5) is 17.1 Å². The predicted octanol–water partition coefficient (Wildman–Crippen LogP) is 16.9. The number of hydrogen-bond acceptors (Lipinski definition) is 3. The number of furan rings is 2. The third kappa shape index (κ3) is 5.58. The molecule has 12 rings (SSSR count). The average molecular weight is 798 g/mol. The molecule has 3 heteroatoms. The molecule has 2 aromatic heterocycles. The number of hydrogen-bond donors (Lipinski definition) is 0. The fourth-order valence-electron chi connectivity index (χ4n) is 10.1. The molecule has 0 bridgehead atoms. The van der Waals surface area contributed by atoms with E-state index in [2.05, 4.69) is 196 Å². The minimum Gasteiger partial charge on any atom is -0.455 e. The highest BCUT2D eigenvalue weighted by molar-refractivity contribution is 6.10. The zero-order chi connectivity index (χ0) is 41.7. The van der Waals surface area contributed by atoms with Crippen molar-refractivity contribution in [3.05, 3.63) is 210 Å². The van der Waals surface area contributed by atoms with Crippen LogP contribution in [0, 0.1) is 13.8 Å². The van der Waals surface area contributed by atoms with E-state index < -0.39 is 0 Å². The van der Waals surface area contributed by atoms with Crippen molar-refractivity contribution < 1.29 is 8.83 Å². The molecule has 0 radical (unpaired) electrons. The van der Waals surface area contributed by atoms with E-state index in [4.69, 9.17) is 8.83 Å². The van der Waals surface area contributed by atoms with Crippen LogP contribution < -0.4 is 4.90 Å². The smallest absolute Gasteiger partial charge is 0.143 e. The van der Waals surface area contributed by atoms with E-state index in [-0.39, 0.29) is 5.41 Å². The summed E-state index contributed by atoms with van der Waals surface area (Å²) in [6.07, 6.45) is 0. The monoisotopic (exact) mass is 797 g/mol. The van der Waals surface area contributed by atoms with E-state index in [0.717, 1.165) is 83.2 Å². The Bertz CT molecular complexity index is 3390. The summed E-state index contributed by atoms with van der Waals surface area (Å²) < 4.78 is 12.9. The average Bonchev–Trinajstić information content (AvgIpc) is 3.95. The van der Waals surface area contributed by atoms with Crippen molar-refractivity contribution in [3.8, 4) is 44.5 Å². The lowest BCUT2D eigenvalue weighted by atomic mass is 9.81. The number of anilines is 3. The van der Waals surface area contributed by atoms with E-state index in [1.165, 1.54) is 44.5 Å². The normalized spacial score (nSPS) is 13.0. The molecule has 1 aliphatic carbocycles. The fraction of sp³-hybridized carbons (Fsp3) is 0.0847.